The van der Waals surface area contributed by atoms with Crippen LogP contribution in [0.4, 0.5) is 0 Å². The summed E-state index contributed by atoms with van der Waals surface area (Å²) in [5.41, 5.74) is 1.96. The Bertz CT molecular complexity index is 684. The lowest BCUT2D eigenvalue weighted by Gasteiger charge is -2.11. The molecule has 1 aromatic heterocycles. The van der Waals surface area contributed by atoms with Gasteiger partial charge in [-0.05, 0) is 12.1 Å². The quantitative estimate of drug-likeness (QED) is 0.553. The van der Waals surface area contributed by atoms with E-state index in [1.165, 1.54) is 4.57 Å². The van der Waals surface area contributed by atoms with Gasteiger partial charge in [-0.15, -0.1) is 12.6 Å². The minimum atomic E-state index is -0.265. The first-order valence-electron chi connectivity index (χ1n) is 5.97. The SMILES string of the molecule is Oc1c2c(c(O)n1-c1ccccc1S)C1C=CC2O1. The lowest BCUT2D eigenvalue weighted by Crippen LogP contribution is -1.97. The summed E-state index contributed by atoms with van der Waals surface area (Å²) in [7, 11) is 0. The van der Waals surface area contributed by atoms with Crippen LogP contribution in [0.3, 0.4) is 0 Å². The van der Waals surface area contributed by atoms with Crippen molar-refractivity contribution < 1.29 is 14.9 Å². The lowest BCUT2D eigenvalue weighted by atomic mass is 10.0. The van der Waals surface area contributed by atoms with E-state index < -0.39 is 0 Å². The highest BCUT2D eigenvalue weighted by molar-refractivity contribution is 7.80. The van der Waals surface area contributed by atoms with Crippen LogP contribution in [0.1, 0.15) is 23.3 Å². The molecule has 2 unspecified atom stereocenters. The van der Waals surface area contributed by atoms with Crippen molar-refractivity contribution in [2.45, 2.75) is 17.1 Å². The molecule has 1 aromatic carbocycles. The van der Waals surface area contributed by atoms with Crippen LogP contribution in [0.2, 0.25) is 0 Å². The molecule has 0 radical (unpaired) electrons. The molecule has 0 fully saturated rings. The van der Waals surface area contributed by atoms with Crippen LogP contribution in [-0.2, 0) is 4.74 Å². The summed E-state index contributed by atoms with van der Waals surface area (Å²) in [6.45, 7) is 0. The third-order valence-electron chi connectivity index (χ3n) is 3.64. The molecule has 0 aliphatic carbocycles. The Labute approximate surface area is 115 Å². The normalized spacial score (nSPS) is 23.0. The molecule has 19 heavy (non-hydrogen) atoms. The average molecular weight is 273 g/mol. The monoisotopic (exact) mass is 273 g/mol. The molecule has 2 aliphatic heterocycles. The van der Waals surface area contributed by atoms with Crippen LogP contribution in [0.15, 0.2) is 41.3 Å². The fraction of sp³-hybridized carbons (Fsp3) is 0.143. The summed E-state index contributed by atoms with van der Waals surface area (Å²) in [5.74, 6) is 0.0386. The third-order valence-corrected chi connectivity index (χ3v) is 4.02. The number of benzene rings is 1. The van der Waals surface area contributed by atoms with Crippen molar-refractivity contribution in [3.8, 4) is 17.4 Å². The zero-order chi connectivity index (χ0) is 13.1. The van der Waals surface area contributed by atoms with Crippen LogP contribution in [-0.4, -0.2) is 14.8 Å². The smallest absolute Gasteiger partial charge is 0.205 e. The van der Waals surface area contributed by atoms with Gasteiger partial charge >= 0.3 is 0 Å². The Balaban J connectivity index is 2.00. The van der Waals surface area contributed by atoms with Crippen molar-refractivity contribution >= 4 is 12.6 Å². The zero-order valence-corrected chi connectivity index (χ0v) is 10.7. The third kappa shape index (κ3) is 1.29. The van der Waals surface area contributed by atoms with Gasteiger partial charge in [-0.3, -0.25) is 0 Å². The van der Waals surface area contributed by atoms with Gasteiger partial charge in [0.05, 0.1) is 16.8 Å². The second-order valence-electron chi connectivity index (χ2n) is 4.66. The number of aromatic nitrogens is 1. The highest BCUT2D eigenvalue weighted by atomic mass is 32.1. The van der Waals surface area contributed by atoms with E-state index in [1.54, 1.807) is 6.07 Å². The van der Waals surface area contributed by atoms with Gasteiger partial charge in [0, 0.05) is 4.90 Å². The summed E-state index contributed by atoms with van der Waals surface area (Å²) in [6, 6.07) is 7.30. The molecule has 0 amide bonds. The topological polar surface area (TPSA) is 54.6 Å². The van der Waals surface area contributed by atoms with Crippen LogP contribution in [0.5, 0.6) is 11.8 Å². The summed E-state index contributed by atoms with van der Waals surface area (Å²) in [5, 5.41) is 20.8. The first-order chi connectivity index (χ1) is 9.18. The van der Waals surface area contributed by atoms with Gasteiger partial charge in [0.1, 0.15) is 12.2 Å². The number of nitrogens with zero attached hydrogens (tertiary/aromatic N) is 1. The number of hydrogen-bond acceptors (Lipinski definition) is 4. The van der Waals surface area contributed by atoms with Gasteiger partial charge in [0.15, 0.2) is 0 Å². The average Bonchev–Trinajstić information content (AvgIpc) is 3.06. The van der Waals surface area contributed by atoms with E-state index in [-0.39, 0.29) is 24.0 Å². The van der Waals surface area contributed by atoms with E-state index in [2.05, 4.69) is 12.6 Å². The second kappa shape index (κ2) is 3.59. The number of hydrogen-bond donors (Lipinski definition) is 3. The first kappa shape index (κ1) is 11.0. The van der Waals surface area contributed by atoms with Crippen molar-refractivity contribution in [2.24, 2.45) is 0 Å². The number of aromatic hydroxyl groups is 2. The van der Waals surface area contributed by atoms with Crippen molar-refractivity contribution in [2.75, 3.05) is 0 Å². The van der Waals surface area contributed by atoms with Crippen molar-refractivity contribution in [3.05, 3.63) is 47.5 Å². The van der Waals surface area contributed by atoms with E-state index in [9.17, 15) is 10.2 Å². The Morgan fingerprint density at radius 1 is 1.00 bits per heavy atom. The van der Waals surface area contributed by atoms with E-state index >= 15 is 0 Å². The minimum absolute atomic E-state index is 0.0193. The molecule has 5 heteroatoms. The maximum Gasteiger partial charge on any atom is 0.205 e. The van der Waals surface area contributed by atoms with E-state index in [4.69, 9.17) is 4.74 Å². The number of thiol groups is 1. The molecule has 3 heterocycles. The van der Waals surface area contributed by atoms with Gasteiger partial charge in [-0.25, -0.2) is 4.57 Å². The summed E-state index contributed by atoms with van der Waals surface area (Å²) < 4.78 is 7.02. The largest absolute Gasteiger partial charge is 0.494 e. The molecule has 2 bridgehead atoms. The number of para-hydroxylation sites is 1. The van der Waals surface area contributed by atoms with Crippen molar-refractivity contribution in [1.82, 2.24) is 4.57 Å². The van der Waals surface area contributed by atoms with Gasteiger partial charge < -0.3 is 14.9 Å². The Kier molecular flexibility index (Phi) is 2.08. The molecule has 4 nitrogen and oxygen atoms in total. The highest BCUT2D eigenvalue weighted by Crippen LogP contribution is 2.55. The molecule has 0 saturated carbocycles. The molecule has 96 valence electrons. The second-order valence-corrected chi connectivity index (χ2v) is 5.14. The van der Waals surface area contributed by atoms with Gasteiger partial charge in [-0.1, -0.05) is 24.3 Å². The first-order valence-corrected chi connectivity index (χ1v) is 6.41. The molecule has 4 rings (SSSR count). The predicted molar refractivity (Wildman–Crippen MR) is 72.1 cm³/mol. The molecule has 2 N–H and O–H groups in total. The predicted octanol–water partition coefficient (Wildman–Crippen LogP) is 2.86. The molecule has 2 aliphatic rings. The van der Waals surface area contributed by atoms with Gasteiger partial charge in [0.2, 0.25) is 11.8 Å². The Morgan fingerprint density at radius 2 is 1.58 bits per heavy atom. The summed E-state index contributed by atoms with van der Waals surface area (Å²) in [6.07, 6.45) is 3.25. The molecule has 0 saturated heterocycles. The Hall–Kier alpha value is -1.85. The maximum atomic E-state index is 10.4. The molecule has 0 spiro atoms. The fourth-order valence-corrected chi connectivity index (χ4v) is 3.06. The van der Waals surface area contributed by atoms with Crippen molar-refractivity contribution in [3.63, 3.8) is 0 Å². The van der Waals surface area contributed by atoms with Gasteiger partial charge in [0.25, 0.3) is 0 Å². The van der Waals surface area contributed by atoms with E-state index in [0.717, 1.165) is 0 Å². The Morgan fingerprint density at radius 3 is 2.16 bits per heavy atom. The van der Waals surface area contributed by atoms with E-state index in [0.29, 0.717) is 21.7 Å². The molecular formula is C14H11NO3S. The van der Waals surface area contributed by atoms with Crippen LogP contribution in [0.25, 0.3) is 5.69 Å². The maximum absolute atomic E-state index is 10.4. The van der Waals surface area contributed by atoms with Gasteiger partial charge in [-0.2, -0.15) is 0 Å². The molecular weight excluding hydrogens is 262 g/mol. The standard InChI is InChI=1S/C14H11NO3S/c16-13-11-8-5-6-9(18-8)12(11)14(17)15(13)7-3-1-2-4-10(7)19/h1-6,8-9,16-17,19H. The zero-order valence-electron chi connectivity index (χ0n) is 9.82. The summed E-state index contributed by atoms with van der Waals surface area (Å²) >= 11 is 4.37. The van der Waals surface area contributed by atoms with Crippen LogP contribution in [0, 0.1) is 0 Å². The minimum Gasteiger partial charge on any atom is -0.494 e. The number of fused-ring (bicyclic) bond motifs is 5. The van der Waals surface area contributed by atoms with Crippen LogP contribution >= 0.6 is 12.6 Å². The molecule has 2 aromatic rings. The fourth-order valence-electron chi connectivity index (χ4n) is 2.80. The summed E-state index contributed by atoms with van der Waals surface area (Å²) in [4.78, 5) is 0.683. The number of ether oxygens (including phenoxy) is 1. The van der Waals surface area contributed by atoms with Crippen LogP contribution < -0.4 is 0 Å². The highest BCUT2D eigenvalue weighted by Gasteiger charge is 2.42. The molecule has 2 atom stereocenters. The number of rotatable bonds is 1. The van der Waals surface area contributed by atoms with Crippen molar-refractivity contribution in [1.29, 1.82) is 0 Å². The van der Waals surface area contributed by atoms with E-state index in [1.807, 2.05) is 30.4 Å². The lowest BCUT2D eigenvalue weighted by molar-refractivity contribution is 0.0842.